The molecular weight excluding hydrogens is 415 g/mol. The summed E-state index contributed by atoms with van der Waals surface area (Å²) < 4.78 is 16.0. The first kappa shape index (κ1) is 19.0. The van der Waals surface area contributed by atoms with Crippen molar-refractivity contribution in [1.82, 2.24) is 24.7 Å². The Morgan fingerprint density at radius 2 is 2.00 bits per heavy atom. The summed E-state index contributed by atoms with van der Waals surface area (Å²) in [6, 6.07) is 15.8. The number of fused-ring (bicyclic) bond motifs is 1. The molecule has 4 aromatic heterocycles. The summed E-state index contributed by atoms with van der Waals surface area (Å²) in [5, 5.41) is 7.16. The number of halogens is 1. The van der Waals surface area contributed by atoms with Crippen LogP contribution >= 0.6 is 11.3 Å². The fourth-order valence-electron chi connectivity index (χ4n) is 3.21. The number of anilines is 1. The number of nitrogens with zero attached hydrogens (tertiary/aromatic N) is 5. The fourth-order valence-corrected chi connectivity index (χ4v) is 3.93. The number of hydrogen-bond acceptors (Lipinski definition) is 6. The Morgan fingerprint density at radius 1 is 1.10 bits per heavy atom. The van der Waals surface area contributed by atoms with Gasteiger partial charge in [0.2, 0.25) is 5.95 Å². The predicted octanol–water partition coefficient (Wildman–Crippen LogP) is 4.64. The number of rotatable bonds is 4. The highest BCUT2D eigenvalue weighted by Gasteiger charge is 2.18. The van der Waals surface area contributed by atoms with Crippen LogP contribution in [0.15, 0.2) is 66.3 Å². The van der Waals surface area contributed by atoms with Crippen molar-refractivity contribution in [2.45, 2.75) is 6.92 Å². The van der Waals surface area contributed by atoms with Gasteiger partial charge in [-0.2, -0.15) is 9.49 Å². The average molecular weight is 430 g/mol. The van der Waals surface area contributed by atoms with Crippen LogP contribution in [0.2, 0.25) is 0 Å². The van der Waals surface area contributed by atoms with Crippen LogP contribution in [-0.2, 0) is 0 Å². The standard InChI is InChI=1S/C22H15FN6OS/c1-13-3-2-4-21(26-13)29-18(14-5-6-16-19(9-14)31-12-25-16)11-17(28-29)22(30)27-15-7-8-24-20(23)10-15/h2-12H,1H3,(H,24,27,30). The molecule has 0 saturated carbocycles. The largest absolute Gasteiger partial charge is 0.320 e. The average Bonchev–Trinajstić information content (AvgIpc) is 3.40. The van der Waals surface area contributed by atoms with Gasteiger partial charge in [-0.3, -0.25) is 4.79 Å². The zero-order chi connectivity index (χ0) is 21.4. The number of aryl methyl sites for hydroxylation is 1. The molecule has 1 aromatic carbocycles. The normalized spacial score (nSPS) is 11.0. The quantitative estimate of drug-likeness (QED) is 0.420. The van der Waals surface area contributed by atoms with E-state index in [4.69, 9.17) is 0 Å². The molecule has 5 rings (SSSR count). The van der Waals surface area contributed by atoms with Gasteiger partial charge in [-0.25, -0.2) is 19.6 Å². The zero-order valence-electron chi connectivity index (χ0n) is 16.3. The number of hydrogen-bond donors (Lipinski definition) is 1. The van der Waals surface area contributed by atoms with Crippen molar-refractivity contribution >= 4 is 33.1 Å². The van der Waals surface area contributed by atoms with Crippen LogP contribution in [0.25, 0.3) is 27.3 Å². The maximum Gasteiger partial charge on any atom is 0.276 e. The third-order valence-corrected chi connectivity index (χ3v) is 5.44. The molecule has 0 radical (unpaired) electrons. The lowest BCUT2D eigenvalue weighted by Crippen LogP contribution is -2.13. The molecule has 7 nitrogen and oxygen atoms in total. The molecule has 0 aliphatic carbocycles. The lowest BCUT2D eigenvalue weighted by atomic mass is 10.1. The van der Waals surface area contributed by atoms with E-state index in [9.17, 15) is 9.18 Å². The van der Waals surface area contributed by atoms with Gasteiger partial charge in [0, 0.05) is 29.2 Å². The predicted molar refractivity (Wildman–Crippen MR) is 117 cm³/mol. The van der Waals surface area contributed by atoms with E-state index in [1.165, 1.54) is 23.6 Å². The van der Waals surface area contributed by atoms with E-state index in [-0.39, 0.29) is 5.69 Å². The minimum Gasteiger partial charge on any atom is -0.320 e. The summed E-state index contributed by atoms with van der Waals surface area (Å²) in [4.78, 5) is 25.2. The van der Waals surface area contributed by atoms with Crippen molar-refractivity contribution in [3.63, 3.8) is 0 Å². The molecule has 0 atom stereocenters. The molecule has 9 heteroatoms. The van der Waals surface area contributed by atoms with Crippen molar-refractivity contribution in [3.05, 3.63) is 83.6 Å². The van der Waals surface area contributed by atoms with Gasteiger partial charge in [0.05, 0.1) is 21.4 Å². The Bertz CT molecular complexity index is 1430. The molecule has 0 aliphatic heterocycles. The second-order valence-corrected chi connectivity index (χ2v) is 7.71. The maximum atomic E-state index is 13.4. The molecule has 4 heterocycles. The van der Waals surface area contributed by atoms with Gasteiger partial charge >= 0.3 is 0 Å². The van der Waals surface area contributed by atoms with Crippen LogP contribution in [0.3, 0.4) is 0 Å². The molecule has 0 unspecified atom stereocenters. The van der Waals surface area contributed by atoms with Gasteiger partial charge in [0.15, 0.2) is 11.5 Å². The number of benzene rings is 1. The van der Waals surface area contributed by atoms with Crippen LogP contribution in [0.1, 0.15) is 16.2 Å². The molecule has 0 aliphatic rings. The third kappa shape index (κ3) is 3.78. The first-order valence-corrected chi connectivity index (χ1v) is 10.3. The highest BCUT2D eigenvalue weighted by atomic mass is 32.1. The third-order valence-electron chi connectivity index (χ3n) is 4.64. The Kier molecular flexibility index (Phi) is 4.72. The summed E-state index contributed by atoms with van der Waals surface area (Å²) >= 11 is 1.54. The van der Waals surface area contributed by atoms with Gasteiger partial charge in [0.1, 0.15) is 0 Å². The number of carbonyl (C=O) groups excluding carboxylic acids is 1. The molecule has 0 bridgehead atoms. The Labute approximate surface area is 180 Å². The van der Waals surface area contributed by atoms with Gasteiger partial charge in [-0.05, 0) is 43.3 Å². The number of amides is 1. The van der Waals surface area contributed by atoms with Gasteiger partial charge in [-0.1, -0.05) is 12.1 Å². The van der Waals surface area contributed by atoms with Crippen LogP contribution in [-0.4, -0.2) is 30.6 Å². The summed E-state index contributed by atoms with van der Waals surface area (Å²) in [7, 11) is 0. The number of thiazole rings is 1. The summed E-state index contributed by atoms with van der Waals surface area (Å²) in [5.41, 5.74) is 5.59. The van der Waals surface area contributed by atoms with Gasteiger partial charge in [-0.15, -0.1) is 11.3 Å². The van der Waals surface area contributed by atoms with Crippen molar-refractivity contribution in [1.29, 1.82) is 0 Å². The van der Waals surface area contributed by atoms with E-state index in [1.54, 1.807) is 16.3 Å². The van der Waals surface area contributed by atoms with E-state index < -0.39 is 11.9 Å². The second-order valence-electron chi connectivity index (χ2n) is 6.82. The molecule has 1 N–H and O–H groups in total. The Morgan fingerprint density at radius 3 is 2.84 bits per heavy atom. The molecule has 1 amide bonds. The SMILES string of the molecule is Cc1cccc(-n2nc(C(=O)Nc3ccnc(F)c3)cc2-c2ccc3ncsc3c2)n1. The van der Waals surface area contributed by atoms with Crippen LogP contribution in [0.4, 0.5) is 10.1 Å². The molecule has 5 aromatic rings. The van der Waals surface area contributed by atoms with Crippen molar-refractivity contribution in [2.75, 3.05) is 5.32 Å². The van der Waals surface area contributed by atoms with E-state index in [1.807, 2.05) is 43.3 Å². The molecule has 31 heavy (non-hydrogen) atoms. The monoisotopic (exact) mass is 430 g/mol. The lowest BCUT2D eigenvalue weighted by Gasteiger charge is -2.07. The lowest BCUT2D eigenvalue weighted by molar-refractivity contribution is 0.102. The fraction of sp³-hybridized carbons (Fsp3) is 0.0455. The minimum absolute atomic E-state index is 0.180. The summed E-state index contributed by atoms with van der Waals surface area (Å²) in [5.74, 6) is -0.545. The first-order valence-electron chi connectivity index (χ1n) is 9.37. The highest BCUT2D eigenvalue weighted by Crippen LogP contribution is 2.28. The highest BCUT2D eigenvalue weighted by molar-refractivity contribution is 7.16. The smallest absolute Gasteiger partial charge is 0.276 e. The van der Waals surface area contributed by atoms with Crippen LogP contribution in [0.5, 0.6) is 0 Å². The van der Waals surface area contributed by atoms with Gasteiger partial charge < -0.3 is 5.32 Å². The number of aromatic nitrogens is 5. The van der Waals surface area contributed by atoms with E-state index >= 15 is 0 Å². The number of nitrogens with one attached hydrogen (secondary N) is 1. The van der Waals surface area contributed by atoms with Gasteiger partial charge in [0.25, 0.3) is 5.91 Å². The second kappa shape index (κ2) is 7.69. The Hall–Kier alpha value is -3.98. The van der Waals surface area contributed by atoms with E-state index in [0.717, 1.165) is 27.5 Å². The summed E-state index contributed by atoms with van der Waals surface area (Å²) in [6.07, 6.45) is 1.29. The van der Waals surface area contributed by atoms with Crippen molar-refractivity contribution in [2.24, 2.45) is 0 Å². The minimum atomic E-state index is -0.675. The molecule has 0 spiro atoms. The van der Waals surface area contributed by atoms with Crippen molar-refractivity contribution in [3.8, 4) is 17.1 Å². The Balaban J connectivity index is 1.60. The molecular formula is C22H15FN6OS. The van der Waals surface area contributed by atoms with E-state index in [0.29, 0.717) is 17.2 Å². The maximum absolute atomic E-state index is 13.4. The first-order chi connectivity index (χ1) is 15.1. The zero-order valence-corrected chi connectivity index (χ0v) is 17.1. The summed E-state index contributed by atoms with van der Waals surface area (Å²) in [6.45, 7) is 1.89. The van der Waals surface area contributed by atoms with Crippen molar-refractivity contribution < 1.29 is 9.18 Å². The molecule has 152 valence electrons. The topological polar surface area (TPSA) is 85.6 Å². The molecule has 0 fully saturated rings. The van der Waals surface area contributed by atoms with Crippen LogP contribution < -0.4 is 5.32 Å². The molecule has 0 saturated heterocycles. The number of pyridine rings is 2. The van der Waals surface area contributed by atoms with E-state index in [2.05, 4.69) is 25.4 Å². The number of carbonyl (C=O) groups is 1. The van der Waals surface area contributed by atoms with Crippen LogP contribution in [0, 0.1) is 12.9 Å².